The van der Waals surface area contributed by atoms with Crippen LogP contribution in [0.25, 0.3) is 0 Å². The molecule has 102 valence electrons. The van der Waals surface area contributed by atoms with Gasteiger partial charge in [0.2, 0.25) is 0 Å². The summed E-state index contributed by atoms with van der Waals surface area (Å²) in [4.78, 5) is 9.14. The molecule has 0 aromatic carbocycles. The molecule has 20 heavy (non-hydrogen) atoms. The third-order valence-electron chi connectivity index (χ3n) is 3.08. The van der Waals surface area contributed by atoms with Crippen LogP contribution in [0.4, 0.5) is 0 Å². The molecule has 0 bridgehead atoms. The highest BCUT2D eigenvalue weighted by molar-refractivity contribution is 6.04. The summed E-state index contributed by atoms with van der Waals surface area (Å²) in [5, 5.41) is 0. The predicted octanol–water partition coefficient (Wildman–Crippen LogP) is 4.36. The number of rotatable bonds is 3. The maximum atomic E-state index is 4.64. The van der Waals surface area contributed by atoms with Gasteiger partial charge in [0.1, 0.15) is 0 Å². The summed E-state index contributed by atoms with van der Waals surface area (Å²) in [5.74, 6) is 0. The number of allylic oxidation sites excluding steroid dienone is 10. The summed E-state index contributed by atoms with van der Waals surface area (Å²) in [6, 6.07) is 0. The largest absolute Gasteiger partial charge is 0.279 e. The smallest absolute Gasteiger partial charge is 0.0821 e. The highest BCUT2D eigenvalue weighted by Gasteiger charge is 2.07. The Bertz CT molecular complexity index is 552. The standard InChI is InChI=1S/C18H20N2/c1-2-3-4-7-12-17-13-8-5-6-10-16-11-9-14-19-18(16)15-20-17/h2-4,6-8,10,12-14H,1,5,9,11,15H2/b4-3-,10-6-,12-7+,13-8?,20-17?. The third-order valence-corrected chi connectivity index (χ3v) is 3.08. The molecule has 2 heteroatoms. The van der Waals surface area contributed by atoms with Crippen molar-refractivity contribution in [3.05, 3.63) is 72.5 Å². The van der Waals surface area contributed by atoms with Gasteiger partial charge in [0.25, 0.3) is 0 Å². The van der Waals surface area contributed by atoms with Crippen LogP contribution < -0.4 is 0 Å². The van der Waals surface area contributed by atoms with Gasteiger partial charge in [0.05, 0.1) is 18.0 Å². The van der Waals surface area contributed by atoms with Crippen LogP contribution in [0.2, 0.25) is 0 Å². The Morgan fingerprint density at radius 2 is 2.00 bits per heavy atom. The molecular weight excluding hydrogens is 244 g/mol. The minimum absolute atomic E-state index is 0.644. The minimum atomic E-state index is 0.644. The summed E-state index contributed by atoms with van der Waals surface area (Å²) >= 11 is 0. The summed E-state index contributed by atoms with van der Waals surface area (Å²) in [6.45, 7) is 4.29. The van der Waals surface area contributed by atoms with Crippen molar-refractivity contribution in [1.29, 1.82) is 0 Å². The van der Waals surface area contributed by atoms with E-state index in [0.29, 0.717) is 6.54 Å². The summed E-state index contributed by atoms with van der Waals surface area (Å²) in [7, 11) is 0. The molecule has 0 aromatic heterocycles. The maximum Gasteiger partial charge on any atom is 0.0821 e. The molecule has 2 rings (SSSR count). The normalized spacial score (nSPS) is 21.1. The van der Waals surface area contributed by atoms with Gasteiger partial charge in [-0.2, -0.15) is 0 Å². The lowest BCUT2D eigenvalue weighted by atomic mass is 10.0. The molecule has 0 spiro atoms. The zero-order valence-electron chi connectivity index (χ0n) is 11.7. The second kappa shape index (κ2) is 8.05. The molecule has 0 N–H and O–H groups in total. The van der Waals surface area contributed by atoms with E-state index in [1.54, 1.807) is 6.08 Å². The zero-order valence-corrected chi connectivity index (χ0v) is 11.7. The van der Waals surface area contributed by atoms with Gasteiger partial charge in [0.15, 0.2) is 0 Å². The van der Waals surface area contributed by atoms with E-state index in [1.807, 2.05) is 30.5 Å². The fourth-order valence-corrected chi connectivity index (χ4v) is 2.05. The SMILES string of the molecule is C=C/C=C\C=C\C1=NCC2=C(/C=C\CC=C1)CCC=N2. The highest BCUT2D eigenvalue weighted by Crippen LogP contribution is 2.19. The Balaban J connectivity index is 2.17. The van der Waals surface area contributed by atoms with Gasteiger partial charge in [-0.3, -0.25) is 9.98 Å². The van der Waals surface area contributed by atoms with Crippen molar-refractivity contribution >= 4 is 11.9 Å². The minimum Gasteiger partial charge on any atom is -0.279 e. The second-order valence-electron chi connectivity index (χ2n) is 4.58. The molecule has 2 heterocycles. The van der Waals surface area contributed by atoms with Crippen LogP contribution in [0.3, 0.4) is 0 Å². The Morgan fingerprint density at radius 1 is 1.10 bits per heavy atom. The second-order valence-corrected chi connectivity index (χ2v) is 4.58. The van der Waals surface area contributed by atoms with Gasteiger partial charge < -0.3 is 0 Å². The lowest BCUT2D eigenvalue weighted by molar-refractivity contribution is 0.950. The molecule has 0 aliphatic carbocycles. The van der Waals surface area contributed by atoms with E-state index in [9.17, 15) is 0 Å². The van der Waals surface area contributed by atoms with Crippen LogP contribution in [0.15, 0.2) is 82.5 Å². The fourth-order valence-electron chi connectivity index (χ4n) is 2.05. The predicted molar refractivity (Wildman–Crippen MR) is 88.4 cm³/mol. The van der Waals surface area contributed by atoms with Crippen molar-refractivity contribution in [2.75, 3.05) is 6.54 Å². The first kappa shape index (κ1) is 14.2. The summed E-state index contributed by atoms with van der Waals surface area (Å²) in [6.07, 6.45) is 23.2. The zero-order chi connectivity index (χ0) is 14.0. The van der Waals surface area contributed by atoms with Gasteiger partial charge in [-0.05, 0) is 37.0 Å². The highest BCUT2D eigenvalue weighted by atomic mass is 14.8. The van der Waals surface area contributed by atoms with Gasteiger partial charge >= 0.3 is 0 Å². The lowest BCUT2D eigenvalue weighted by Gasteiger charge is -2.11. The van der Waals surface area contributed by atoms with E-state index in [0.717, 1.165) is 30.7 Å². The number of hydrogen-bond donors (Lipinski definition) is 0. The Kier molecular flexibility index (Phi) is 5.71. The molecule has 2 aliphatic heterocycles. The van der Waals surface area contributed by atoms with Crippen molar-refractivity contribution in [3.63, 3.8) is 0 Å². The number of hydrogen-bond acceptors (Lipinski definition) is 2. The van der Waals surface area contributed by atoms with Gasteiger partial charge in [-0.15, -0.1) is 0 Å². The average molecular weight is 264 g/mol. The first-order valence-electron chi connectivity index (χ1n) is 6.98. The molecule has 2 nitrogen and oxygen atoms in total. The van der Waals surface area contributed by atoms with Crippen LogP contribution in [0.5, 0.6) is 0 Å². The third kappa shape index (κ3) is 4.47. The van der Waals surface area contributed by atoms with E-state index >= 15 is 0 Å². The van der Waals surface area contributed by atoms with Gasteiger partial charge in [-0.25, -0.2) is 0 Å². The Morgan fingerprint density at radius 3 is 2.90 bits per heavy atom. The molecule has 0 saturated heterocycles. The Hall–Kier alpha value is -2.22. The number of nitrogens with zero attached hydrogens (tertiary/aromatic N) is 2. The molecule has 0 fully saturated rings. The molecule has 2 aliphatic rings. The quantitative estimate of drug-likeness (QED) is 0.677. The summed E-state index contributed by atoms with van der Waals surface area (Å²) < 4.78 is 0. The van der Waals surface area contributed by atoms with Gasteiger partial charge in [-0.1, -0.05) is 49.1 Å². The molecule has 0 saturated carbocycles. The van der Waals surface area contributed by atoms with Crippen LogP contribution in [0.1, 0.15) is 19.3 Å². The lowest BCUT2D eigenvalue weighted by Crippen LogP contribution is -2.01. The van der Waals surface area contributed by atoms with Crippen molar-refractivity contribution < 1.29 is 0 Å². The van der Waals surface area contributed by atoms with Crippen molar-refractivity contribution in [3.8, 4) is 0 Å². The first-order valence-corrected chi connectivity index (χ1v) is 6.98. The van der Waals surface area contributed by atoms with E-state index in [2.05, 4.69) is 40.9 Å². The van der Waals surface area contributed by atoms with Crippen LogP contribution in [0, 0.1) is 0 Å². The van der Waals surface area contributed by atoms with Crippen molar-refractivity contribution in [1.82, 2.24) is 0 Å². The van der Waals surface area contributed by atoms with Gasteiger partial charge in [0, 0.05) is 6.21 Å². The number of aliphatic imine (C=N–C) groups is 2. The van der Waals surface area contributed by atoms with E-state index < -0.39 is 0 Å². The topological polar surface area (TPSA) is 24.7 Å². The molecule has 0 amide bonds. The van der Waals surface area contributed by atoms with E-state index in [1.165, 1.54) is 5.57 Å². The monoisotopic (exact) mass is 264 g/mol. The molecular formula is C18H20N2. The van der Waals surface area contributed by atoms with Crippen LogP contribution in [-0.2, 0) is 0 Å². The summed E-state index contributed by atoms with van der Waals surface area (Å²) in [5.41, 5.74) is 3.39. The van der Waals surface area contributed by atoms with Crippen molar-refractivity contribution in [2.45, 2.75) is 19.3 Å². The van der Waals surface area contributed by atoms with Crippen LogP contribution >= 0.6 is 0 Å². The fraction of sp³-hybridized carbons (Fsp3) is 0.222. The van der Waals surface area contributed by atoms with E-state index in [-0.39, 0.29) is 0 Å². The van der Waals surface area contributed by atoms with Crippen LogP contribution in [-0.4, -0.2) is 18.5 Å². The average Bonchev–Trinajstić information content (AvgIpc) is 2.49. The van der Waals surface area contributed by atoms with Crippen molar-refractivity contribution in [2.24, 2.45) is 9.98 Å². The molecule has 0 aromatic rings. The molecule has 0 radical (unpaired) electrons. The maximum absolute atomic E-state index is 4.64. The molecule has 0 unspecified atom stereocenters. The Labute approximate surface area is 121 Å². The van der Waals surface area contributed by atoms with E-state index in [4.69, 9.17) is 0 Å². The first-order chi connectivity index (χ1) is 9.90. The molecule has 0 atom stereocenters.